The Kier molecular flexibility index (Phi) is 5.87. The summed E-state index contributed by atoms with van der Waals surface area (Å²) in [5, 5.41) is 1.04. The van der Waals surface area contributed by atoms with Crippen molar-refractivity contribution in [2.75, 3.05) is 26.2 Å². The minimum absolute atomic E-state index is 0.00773. The van der Waals surface area contributed by atoms with E-state index in [0.29, 0.717) is 6.04 Å². The Morgan fingerprint density at radius 2 is 2.00 bits per heavy atom. The number of hydrogen-bond donors (Lipinski definition) is 0. The van der Waals surface area contributed by atoms with Gasteiger partial charge in [-0.15, -0.1) is 11.3 Å². The minimum Gasteiger partial charge on any atom is -0.459 e. The number of thiophene rings is 1. The molecule has 0 N–H and O–H groups in total. The molecule has 2 unspecified atom stereocenters. The molecule has 3 aliphatic heterocycles. The Morgan fingerprint density at radius 1 is 1.25 bits per heavy atom. The molecule has 5 rings (SSSR count). The highest BCUT2D eigenvalue weighted by atomic mass is 79.9. The molecule has 0 aliphatic carbocycles. The van der Waals surface area contributed by atoms with E-state index in [1.54, 1.807) is 11.3 Å². The van der Waals surface area contributed by atoms with Crippen LogP contribution in [0.15, 0.2) is 28.1 Å². The summed E-state index contributed by atoms with van der Waals surface area (Å²) in [5.41, 5.74) is 0.150. The topological polar surface area (TPSA) is 49.9 Å². The van der Waals surface area contributed by atoms with Gasteiger partial charge in [0, 0.05) is 42.2 Å². The second-order valence-corrected chi connectivity index (χ2v) is 12.4. The quantitative estimate of drug-likeness (QED) is 0.505. The average molecular weight is 520 g/mol. The number of rotatable bonds is 3. The number of cyclic esters (lactones) is 1. The van der Waals surface area contributed by atoms with Gasteiger partial charge in [-0.3, -0.25) is 14.5 Å². The molecule has 0 saturated carbocycles. The Morgan fingerprint density at radius 3 is 2.72 bits per heavy atom. The molecule has 3 aliphatic rings. The molecular formula is C25H31BrN2O3S. The summed E-state index contributed by atoms with van der Waals surface area (Å²) >= 11 is 5.25. The van der Waals surface area contributed by atoms with Gasteiger partial charge in [-0.05, 0) is 67.6 Å². The summed E-state index contributed by atoms with van der Waals surface area (Å²) in [6.45, 7) is 7.56. The van der Waals surface area contributed by atoms with Gasteiger partial charge in [0.1, 0.15) is 5.60 Å². The molecular weight excluding hydrogens is 488 g/mol. The zero-order valence-electron chi connectivity index (χ0n) is 18.9. The van der Waals surface area contributed by atoms with Gasteiger partial charge in [-0.1, -0.05) is 25.1 Å². The van der Waals surface area contributed by atoms with Crippen LogP contribution in [0.5, 0.6) is 0 Å². The third-order valence-corrected chi connectivity index (χ3v) is 9.71. The van der Waals surface area contributed by atoms with E-state index in [2.05, 4.69) is 40.7 Å². The molecule has 3 saturated heterocycles. The number of likely N-dealkylation sites (tertiary alicyclic amines) is 2. The lowest BCUT2D eigenvalue weighted by Gasteiger charge is -2.45. The van der Waals surface area contributed by atoms with Gasteiger partial charge in [0.15, 0.2) is 0 Å². The van der Waals surface area contributed by atoms with Crippen LogP contribution in [-0.4, -0.2) is 59.5 Å². The van der Waals surface area contributed by atoms with Crippen molar-refractivity contribution in [3.63, 3.8) is 0 Å². The van der Waals surface area contributed by atoms with Crippen LogP contribution in [0.4, 0.5) is 0 Å². The zero-order chi connectivity index (χ0) is 22.5. The predicted molar refractivity (Wildman–Crippen MR) is 131 cm³/mol. The molecule has 0 radical (unpaired) electrons. The van der Waals surface area contributed by atoms with E-state index in [4.69, 9.17) is 4.74 Å². The van der Waals surface area contributed by atoms with Crippen molar-refractivity contribution in [3.05, 3.63) is 33.6 Å². The normalized spacial score (nSPS) is 29.7. The lowest BCUT2D eigenvalue weighted by Crippen LogP contribution is -2.53. The van der Waals surface area contributed by atoms with Gasteiger partial charge in [0.25, 0.3) is 5.91 Å². The van der Waals surface area contributed by atoms with Crippen molar-refractivity contribution in [1.29, 1.82) is 0 Å². The molecule has 7 heteroatoms. The van der Waals surface area contributed by atoms with Crippen molar-refractivity contribution < 1.29 is 14.3 Å². The molecule has 3 fully saturated rings. The first-order chi connectivity index (χ1) is 15.3. The number of halogens is 1. The first kappa shape index (κ1) is 22.4. The van der Waals surface area contributed by atoms with Crippen molar-refractivity contribution in [3.8, 4) is 0 Å². The van der Waals surface area contributed by atoms with Crippen LogP contribution < -0.4 is 0 Å². The SMILES string of the molecule is CCC1(C)CC2(CCCN(C3CCN(C(=O)c4c(Br)sc5ccccc45)CC3)C2)C(=O)O1. The van der Waals surface area contributed by atoms with Crippen molar-refractivity contribution in [2.45, 2.75) is 64.0 Å². The number of nitrogens with zero attached hydrogens (tertiary/aromatic N) is 2. The highest BCUT2D eigenvalue weighted by Crippen LogP contribution is 2.48. The Bertz CT molecular complexity index is 1050. The highest BCUT2D eigenvalue weighted by Gasteiger charge is 2.55. The molecule has 2 atom stereocenters. The largest absolute Gasteiger partial charge is 0.459 e. The summed E-state index contributed by atoms with van der Waals surface area (Å²) in [6.07, 6.45) is 5.61. The fourth-order valence-electron chi connectivity index (χ4n) is 5.95. The summed E-state index contributed by atoms with van der Waals surface area (Å²) < 4.78 is 7.90. The fraction of sp³-hybridized carbons (Fsp3) is 0.600. The summed E-state index contributed by atoms with van der Waals surface area (Å²) in [4.78, 5) is 30.7. The molecule has 1 amide bonds. The maximum atomic E-state index is 13.4. The number of carbonyl (C=O) groups is 2. The number of esters is 1. The van der Waals surface area contributed by atoms with E-state index in [-0.39, 0.29) is 22.9 Å². The third-order valence-electron chi connectivity index (χ3n) is 7.87. The van der Waals surface area contributed by atoms with Gasteiger partial charge in [0.2, 0.25) is 0 Å². The van der Waals surface area contributed by atoms with Crippen LogP contribution in [0.2, 0.25) is 0 Å². The van der Waals surface area contributed by atoms with E-state index in [1.807, 2.05) is 23.1 Å². The molecule has 5 nitrogen and oxygen atoms in total. The second-order valence-electron chi connectivity index (χ2n) is 9.99. The van der Waals surface area contributed by atoms with Crippen LogP contribution in [0.3, 0.4) is 0 Å². The number of piperidine rings is 2. The first-order valence-corrected chi connectivity index (χ1v) is 13.4. The molecule has 4 heterocycles. The van der Waals surface area contributed by atoms with Gasteiger partial charge >= 0.3 is 5.97 Å². The van der Waals surface area contributed by atoms with Crippen molar-refractivity contribution in [2.24, 2.45) is 5.41 Å². The monoisotopic (exact) mass is 518 g/mol. The molecule has 32 heavy (non-hydrogen) atoms. The lowest BCUT2D eigenvalue weighted by molar-refractivity contribution is -0.155. The summed E-state index contributed by atoms with van der Waals surface area (Å²) in [7, 11) is 0. The number of hydrogen-bond acceptors (Lipinski definition) is 5. The average Bonchev–Trinajstić information content (AvgIpc) is 3.26. The van der Waals surface area contributed by atoms with Crippen LogP contribution in [0.1, 0.15) is 62.7 Å². The Balaban J connectivity index is 1.25. The molecule has 0 bridgehead atoms. The number of fused-ring (bicyclic) bond motifs is 1. The fourth-order valence-corrected chi connectivity index (χ4v) is 7.78. The van der Waals surface area contributed by atoms with Crippen LogP contribution in [0, 0.1) is 5.41 Å². The molecule has 1 aromatic carbocycles. The van der Waals surface area contributed by atoms with Gasteiger partial charge < -0.3 is 9.64 Å². The second kappa shape index (κ2) is 8.41. The molecule has 172 valence electrons. The van der Waals surface area contributed by atoms with Crippen molar-refractivity contribution >= 4 is 49.2 Å². The lowest BCUT2D eigenvalue weighted by atomic mass is 9.73. The Hall–Kier alpha value is -1.44. The van der Waals surface area contributed by atoms with Crippen molar-refractivity contribution in [1.82, 2.24) is 9.80 Å². The molecule has 2 aromatic rings. The smallest absolute Gasteiger partial charge is 0.314 e. The van der Waals surface area contributed by atoms with E-state index in [9.17, 15) is 9.59 Å². The van der Waals surface area contributed by atoms with Crippen LogP contribution in [0.25, 0.3) is 10.1 Å². The maximum absolute atomic E-state index is 13.4. The van der Waals surface area contributed by atoms with Gasteiger partial charge in [-0.2, -0.15) is 0 Å². The Labute approximate surface area is 202 Å². The van der Waals surface area contributed by atoms with E-state index in [1.165, 1.54) is 0 Å². The molecule has 1 aromatic heterocycles. The van der Waals surface area contributed by atoms with Gasteiger partial charge in [-0.25, -0.2) is 0 Å². The number of carbonyl (C=O) groups excluding carboxylic acids is 2. The number of ether oxygens (including phenoxy) is 1. The van der Waals surface area contributed by atoms with Crippen LogP contribution >= 0.6 is 27.3 Å². The zero-order valence-corrected chi connectivity index (χ0v) is 21.3. The minimum atomic E-state index is -0.337. The standard InChI is InChI=1S/C25H31BrN2O3S/c1-3-24(2)15-25(23(30)31-24)11-6-12-28(16-25)17-9-13-27(14-10-17)22(29)20-18-7-4-5-8-19(18)32-21(20)26/h4-5,7-8,17H,3,6,9-16H2,1-2H3. The maximum Gasteiger partial charge on any atom is 0.314 e. The van der Waals surface area contributed by atoms with E-state index in [0.717, 1.165) is 84.1 Å². The summed E-state index contributed by atoms with van der Waals surface area (Å²) in [5.74, 6) is 0.134. The summed E-state index contributed by atoms with van der Waals surface area (Å²) in [6, 6.07) is 8.54. The van der Waals surface area contributed by atoms with Crippen LogP contribution in [-0.2, 0) is 9.53 Å². The van der Waals surface area contributed by atoms with E-state index < -0.39 is 0 Å². The molecule has 1 spiro atoms. The first-order valence-electron chi connectivity index (χ1n) is 11.8. The van der Waals surface area contributed by atoms with Gasteiger partial charge in [0.05, 0.1) is 14.8 Å². The number of benzene rings is 1. The number of amides is 1. The third kappa shape index (κ3) is 3.80. The highest BCUT2D eigenvalue weighted by molar-refractivity contribution is 9.11. The van der Waals surface area contributed by atoms with E-state index >= 15 is 0 Å². The predicted octanol–water partition coefficient (Wildman–Crippen LogP) is 5.47.